The maximum Gasteiger partial charge on any atom is 0.266 e. The van der Waals surface area contributed by atoms with E-state index in [4.69, 9.17) is 0 Å². The molecule has 0 unspecified atom stereocenters. The van der Waals surface area contributed by atoms with Crippen LogP contribution in [0, 0.1) is 12.7 Å². The minimum atomic E-state index is -2.93. The highest BCUT2D eigenvalue weighted by Gasteiger charge is 2.36. The van der Waals surface area contributed by atoms with Crippen LogP contribution in [0.2, 0.25) is 0 Å². The summed E-state index contributed by atoms with van der Waals surface area (Å²) < 4.78 is 43.0. The molecule has 0 spiro atoms. The maximum atomic E-state index is 14.7. The molecule has 7 nitrogen and oxygen atoms in total. The number of nitrogens with zero attached hydrogens (tertiary/aromatic N) is 5. The van der Waals surface area contributed by atoms with E-state index < -0.39 is 29.4 Å². The molecule has 0 aliphatic carbocycles. The van der Waals surface area contributed by atoms with Crippen LogP contribution in [0.15, 0.2) is 35.5 Å². The van der Waals surface area contributed by atoms with E-state index in [2.05, 4.69) is 15.0 Å². The lowest BCUT2D eigenvalue weighted by Crippen LogP contribution is -2.44. The first-order valence-electron chi connectivity index (χ1n) is 11.4. The number of aryl methyl sites for hydroxylation is 2. The molecule has 1 fully saturated rings. The molecule has 1 saturated heterocycles. The Morgan fingerprint density at radius 2 is 1.89 bits per heavy atom. The van der Waals surface area contributed by atoms with Gasteiger partial charge in [-0.05, 0) is 32.8 Å². The van der Waals surface area contributed by atoms with Crippen molar-refractivity contribution >= 4 is 16.8 Å². The zero-order valence-electron chi connectivity index (χ0n) is 20.1. The van der Waals surface area contributed by atoms with Gasteiger partial charge in [-0.1, -0.05) is 18.2 Å². The highest BCUT2D eigenvalue weighted by atomic mass is 19.3. The van der Waals surface area contributed by atoms with E-state index in [1.54, 1.807) is 31.0 Å². The van der Waals surface area contributed by atoms with Crippen LogP contribution in [0.5, 0.6) is 0 Å². The fraction of sp³-hybridized carbons (Fsp3) is 0.440. The van der Waals surface area contributed by atoms with Gasteiger partial charge in [-0.3, -0.25) is 14.8 Å². The molecular formula is C25H28F3N5O2. The van der Waals surface area contributed by atoms with Gasteiger partial charge in [0.05, 0.1) is 29.0 Å². The Hall–Kier alpha value is -3.27. The summed E-state index contributed by atoms with van der Waals surface area (Å²) in [6, 6.07) is 4.83. The Labute approximate surface area is 201 Å². The predicted octanol–water partition coefficient (Wildman–Crippen LogP) is 3.85. The fourth-order valence-corrected chi connectivity index (χ4v) is 4.47. The highest BCUT2D eigenvalue weighted by molar-refractivity contribution is 5.78. The second kappa shape index (κ2) is 9.41. The number of benzene rings is 1. The Kier molecular flexibility index (Phi) is 6.68. The lowest BCUT2D eigenvalue weighted by molar-refractivity contribution is -0.133. The van der Waals surface area contributed by atoms with E-state index in [0.29, 0.717) is 53.8 Å². The number of carbonyl (C=O) groups is 1. The number of hydrogen-bond donors (Lipinski definition) is 1. The lowest BCUT2D eigenvalue weighted by atomic mass is 9.87. The van der Waals surface area contributed by atoms with Crippen molar-refractivity contribution < 1.29 is 23.1 Å². The zero-order chi connectivity index (χ0) is 25.5. The van der Waals surface area contributed by atoms with Crippen LogP contribution >= 0.6 is 0 Å². The topological polar surface area (TPSA) is 83.6 Å². The molecule has 4 rings (SSSR count). The number of hydrogen-bond acceptors (Lipinski definition) is 5. The maximum absolute atomic E-state index is 14.7. The van der Waals surface area contributed by atoms with Gasteiger partial charge in [0.2, 0.25) is 5.91 Å². The van der Waals surface area contributed by atoms with Crippen molar-refractivity contribution in [3.05, 3.63) is 64.4 Å². The second-order valence-corrected chi connectivity index (χ2v) is 9.02. The highest BCUT2D eigenvalue weighted by Crippen LogP contribution is 2.33. The molecule has 2 aromatic heterocycles. The number of aromatic nitrogens is 3. The summed E-state index contributed by atoms with van der Waals surface area (Å²) in [5.41, 5.74) is -0.382. The Morgan fingerprint density at radius 1 is 1.23 bits per heavy atom. The molecule has 1 amide bonds. The first-order chi connectivity index (χ1) is 16.5. The van der Waals surface area contributed by atoms with Gasteiger partial charge in [0.25, 0.3) is 6.43 Å². The van der Waals surface area contributed by atoms with Gasteiger partial charge in [-0.2, -0.15) is 0 Å². The number of fused-ring (bicyclic) bond motifs is 1. The number of likely N-dealkylation sites (tertiary alicyclic amines) is 1. The van der Waals surface area contributed by atoms with Crippen molar-refractivity contribution in [2.75, 3.05) is 13.1 Å². The number of carbonyl (C=O) groups excluding carboxylic acids is 1. The molecule has 3 heterocycles. The van der Waals surface area contributed by atoms with Crippen molar-refractivity contribution in [1.82, 2.24) is 19.4 Å². The van der Waals surface area contributed by atoms with Crippen LogP contribution in [-0.2, 0) is 17.4 Å². The lowest BCUT2D eigenvalue weighted by Gasteiger charge is -2.37. The van der Waals surface area contributed by atoms with Crippen LogP contribution in [0.25, 0.3) is 10.9 Å². The number of aliphatic hydroxyl groups is 1. The normalized spacial score (nSPS) is 17.3. The molecule has 10 heteroatoms. The molecule has 0 bridgehead atoms. The molecular weight excluding hydrogens is 459 g/mol. The van der Waals surface area contributed by atoms with Crippen LogP contribution in [0.3, 0.4) is 0 Å². The third kappa shape index (κ3) is 4.67. The Bertz CT molecular complexity index is 1350. The number of halogens is 3. The summed E-state index contributed by atoms with van der Waals surface area (Å²) >= 11 is 0. The number of piperidine rings is 1. The van der Waals surface area contributed by atoms with Crippen molar-refractivity contribution in [3.63, 3.8) is 0 Å². The van der Waals surface area contributed by atoms with E-state index in [9.17, 15) is 23.1 Å². The van der Waals surface area contributed by atoms with Gasteiger partial charge in [0, 0.05) is 38.0 Å². The smallest absolute Gasteiger partial charge is 0.266 e. The van der Waals surface area contributed by atoms with E-state index in [1.165, 1.54) is 19.1 Å². The molecule has 3 aromatic rings. The third-order valence-corrected chi connectivity index (χ3v) is 6.81. The minimum absolute atomic E-state index is 0.0385. The van der Waals surface area contributed by atoms with Crippen molar-refractivity contribution in [2.24, 2.45) is 12.0 Å². The Balaban J connectivity index is 1.81. The molecule has 1 aliphatic heterocycles. The minimum Gasteiger partial charge on any atom is -0.383 e. The number of alkyl halides is 2. The summed E-state index contributed by atoms with van der Waals surface area (Å²) in [6.07, 6.45) is -0.616. The first-order valence-corrected chi connectivity index (χ1v) is 11.4. The molecule has 1 N–H and O–H groups in total. The van der Waals surface area contributed by atoms with Gasteiger partial charge < -0.3 is 14.6 Å². The summed E-state index contributed by atoms with van der Waals surface area (Å²) in [4.78, 5) is 27.0. The molecule has 1 aliphatic rings. The number of rotatable bonds is 4. The molecule has 35 heavy (non-hydrogen) atoms. The molecule has 0 radical (unpaired) electrons. The van der Waals surface area contributed by atoms with Crippen molar-refractivity contribution in [3.8, 4) is 0 Å². The average Bonchev–Trinajstić information content (AvgIpc) is 2.82. The monoisotopic (exact) mass is 487 g/mol. The van der Waals surface area contributed by atoms with Crippen LogP contribution in [0.4, 0.5) is 13.2 Å². The standard InChI is InChI=1S/C25H28F3N5O2/c1-14(17-6-5-7-18(22(17)26)23(27)28)30-24-19-12-21(29-13-20(19)32(4)15(2)31-24)25(35)8-10-33(11-9-25)16(3)34/h5-7,12-14,23,35H,8-11H2,1-4H3/b30-24-/t14-/m1/s1. The molecule has 186 valence electrons. The molecule has 1 atom stereocenters. The fourth-order valence-electron chi connectivity index (χ4n) is 4.47. The third-order valence-electron chi connectivity index (χ3n) is 6.81. The van der Waals surface area contributed by atoms with E-state index in [-0.39, 0.29) is 11.5 Å². The SMILES string of the molecule is CC(=O)N1CCC(O)(c2cc3/c(=N/[C@H](C)c4cccc(C(F)F)c4F)nc(C)n(C)c3cn2)CC1. The van der Waals surface area contributed by atoms with Crippen LogP contribution in [0.1, 0.15) is 61.8 Å². The summed E-state index contributed by atoms with van der Waals surface area (Å²) in [5, 5.41) is 11.9. The van der Waals surface area contributed by atoms with E-state index >= 15 is 0 Å². The summed E-state index contributed by atoms with van der Waals surface area (Å²) in [6.45, 7) is 5.75. The van der Waals surface area contributed by atoms with Gasteiger partial charge in [0.1, 0.15) is 17.2 Å². The zero-order valence-corrected chi connectivity index (χ0v) is 20.1. The summed E-state index contributed by atoms with van der Waals surface area (Å²) in [5.74, 6) is -0.383. The number of amides is 1. The van der Waals surface area contributed by atoms with Crippen LogP contribution < -0.4 is 5.49 Å². The van der Waals surface area contributed by atoms with Gasteiger partial charge in [-0.15, -0.1) is 0 Å². The van der Waals surface area contributed by atoms with Gasteiger partial charge in [-0.25, -0.2) is 18.2 Å². The van der Waals surface area contributed by atoms with Crippen molar-refractivity contribution in [2.45, 2.75) is 51.7 Å². The van der Waals surface area contributed by atoms with E-state index in [0.717, 1.165) is 6.07 Å². The van der Waals surface area contributed by atoms with Gasteiger partial charge in [0.15, 0.2) is 5.49 Å². The first kappa shape index (κ1) is 24.8. The second-order valence-electron chi connectivity index (χ2n) is 9.02. The van der Waals surface area contributed by atoms with Crippen molar-refractivity contribution in [1.29, 1.82) is 0 Å². The largest absolute Gasteiger partial charge is 0.383 e. The number of pyridine rings is 1. The predicted molar refractivity (Wildman–Crippen MR) is 124 cm³/mol. The van der Waals surface area contributed by atoms with Crippen LogP contribution in [-0.4, -0.2) is 43.5 Å². The summed E-state index contributed by atoms with van der Waals surface area (Å²) in [7, 11) is 1.82. The Morgan fingerprint density at radius 3 is 2.51 bits per heavy atom. The van der Waals surface area contributed by atoms with E-state index in [1.807, 2.05) is 11.6 Å². The van der Waals surface area contributed by atoms with Gasteiger partial charge >= 0.3 is 0 Å². The molecule has 1 aromatic carbocycles. The average molecular weight is 488 g/mol. The quantitative estimate of drug-likeness (QED) is 0.606. The molecule has 0 saturated carbocycles.